The lowest BCUT2D eigenvalue weighted by Crippen LogP contribution is -2.35. The summed E-state index contributed by atoms with van der Waals surface area (Å²) in [7, 11) is 0. The quantitative estimate of drug-likeness (QED) is 0.844. The van der Waals surface area contributed by atoms with Crippen LogP contribution in [0.4, 0.5) is 0 Å². The Morgan fingerprint density at radius 3 is 2.70 bits per heavy atom. The van der Waals surface area contributed by atoms with E-state index in [1.54, 1.807) is 6.20 Å². The van der Waals surface area contributed by atoms with Crippen LogP contribution >= 0.6 is 15.9 Å². The van der Waals surface area contributed by atoms with Crippen molar-refractivity contribution >= 4 is 21.8 Å². The van der Waals surface area contributed by atoms with E-state index in [1.165, 1.54) is 0 Å². The van der Waals surface area contributed by atoms with Gasteiger partial charge >= 0.3 is 0 Å². The van der Waals surface area contributed by atoms with Crippen LogP contribution in [0, 0.1) is 6.92 Å². The largest absolute Gasteiger partial charge is 0.368 e. The van der Waals surface area contributed by atoms with Crippen molar-refractivity contribution in [2.75, 3.05) is 6.54 Å². The second-order valence-corrected chi connectivity index (χ2v) is 5.54. The predicted octanol–water partition coefficient (Wildman–Crippen LogP) is 1.77. The summed E-state index contributed by atoms with van der Waals surface area (Å²) in [5.74, 6) is -0.385. The monoisotopic (exact) mass is 336 g/mol. The number of hydrogen-bond acceptors (Lipinski definition) is 3. The first-order valence-corrected chi connectivity index (χ1v) is 7.13. The van der Waals surface area contributed by atoms with Crippen LogP contribution in [0.2, 0.25) is 0 Å². The summed E-state index contributed by atoms with van der Waals surface area (Å²) in [6.45, 7) is 3.30. The minimum absolute atomic E-state index is 0.385. The summed E-state index contributed by atoms with van der Waals surface area (Å²) >= 11 is 3.37. The molecule has 0 spiro atoms. The Labute approximate surface area is 126 Å². The van der Waals surface area contributed by atoms with E-state index in [0.29, 0.717) is 13.1 Å². The molecule has 0 bridgehead atoms. The molecule has 3 N–H and O–H groups in total. The van der Waals surface area contributed by atoms with E-state index in [1.807, 2.05) is 42.1 Å². The van der Waals surface area contributed by atoms with Gasteiger partial charge < -0.3 is 11.1 Å². The fourth-order valence-corrected chi connectivity index (χ4v) is 2.21. The van der Waals surface area contributed by atoms with E-state index < -0.39 is 6.04 Å². The minimum atomic E-state index is -0.486. The minimum Gasteiger partial charge on any atom is -0.368 e. The molecular weight excluding hydrogens is 320 g/mol. The summed E-state index contributed by atoms with van der Waals surface area (Å²) in [4.78, 5) is 11.6. The van der Waals surface area contributed by atoms with E-state index >= 15 is 0 Å². The zero-order valence-electron chi connectivity index (χ0n) is 11.2. The van der Waals surface area contributed by atoms with Crippen molar-refractivity contribution in [2.45, 2.75) is 19.5 Å². The summed E-state index contributed by atoms with van der Waals surface area (Å²) in [6.07, 6.45) is 3.76. The molecule has 1 unspecified atom stereocenters. The Morgan fingerprint density at radius 2 is 2.15 bits per heavy atom. The van der Waals surface area contributed by atoms with Crippen LogP contribution in [0.5, 0.6) is 0 Å². The van der Waals surface area contributed by atoms with Crippen molar-refractivity contribution < 1.29 is 4.79 Å². The van der Waals surface area contributed by atoms with Crippen molar-refractivity contribution in [3.63, 3.8) is 0 Å². The second-order valence-electron chi connectivity index (χ2n) is 4.62. The highest BCUT2D eigenvalue weighted by atomic mass is 79.9. The molecule has 0 saturated carbocycles. The van der Waals surface area contributed by atoms with E-state index in [-0.39, 0.29) is 5.91 Å². The molecule has 1 aromatic heterocycles. The first kappa shape index (κ1) is 14.7. The van der Waals surface area contributed by atoms with Crippen molar-refractivity contribution in [1.29, 1.82) is 0 Å². The molecule has 6 heteroatoms. The molecule has 0 radical (unpaired) electrons. The maximum atomic E-state index is 11.6. The lowest BCUT2D eigenvalue weighted by Gasteiger charge is -2.16. The van der Waals surface area contributed by atoms with Crippen LogP contribution in [0.15, 0.2) is 41.1 Å². The molecule has 106 valence electrons. The first-order valence-electron chi connectivity index (χ1n) is 6.33. The van der Waals surface area contributed by atoms with Gasteiger partial charge in [-0.2, -0.15) is 5.10 Å². The van der Waals surface area contributed by atoms with Gasteiger partial charge in [-0.25, -0.2) is 0 Å². The normalized spacial score (nSPS) is 12.3. The lowest BCUT2D eigenvalue weighted by molar-refractivity contribution is -0.120. The van der Waals surface area contributed by atoms with Crippen LogP contribution in [-0.4, -0.2) is 22.2 Å². The van der Waals surface area contributed by atoms with Gasteiger partial charge in [0.25, 0.3) is 0 Å². The topological polar surface area (TPSA) is 72.9 Å². The van der Waals surface area contributed by atoms with Gasteiger partial charge in [0.1, 0.15) is 6.04 Å². The molecule has 1 atom stereocenters. The number of aryl methyl sites for hydroxylation is 1. The number of nitrogens with zero attached hydrogens (tertiary/aromatic N) is 2. The number of hydrogen-bond donors (Lipinski definition) is 2. The fourth-order valence-electron chi connectivity index (χ4n) is 1.95. The molecule has 2 aromatic rings. The number of nitrogens with one attached hydrogen (secondary N) is 1. The molecule has 0 aliphatic heterocycles. The van der Waals surface area contributed by atoms with Gasteiger partial charge in [0.15, 0.2) is 0 Å². The number of aromatic nitrogens is 2. The van der Waals surface area contributed by atoms with Gasteiger partial charge in [0, 0.05) is 17.2 Å². The number of halogens is 1. The molecule has 5 nitrogen and oxygen atoms in total. The van der Waals surface area contributed by atoms with Gasteiger partial charge in [0.2, 0.25) is 5.91 Å². The molecule has 0 fully saturated rings. The lowest BCUT2D eigenvalue weighted by atomic mass is 10.1. The van der Waals surface area contributed by atoms with Crippen LogP contribution < -0.4 is 11.1 Å². The number of primary amides is 1. The van der Waals surface area contributed by atoms with Crippen LogP contribution in [0.25, 0.3) is 0 Å². The molecule has 1 heterocycles. The number of amides is 1. The molecule has 2 rings (SSSR count). The average Bonchev–Trinajstić information content (AvgIpc) is 2.81. The average molecular weight is 337 g/mol. The Balaban J connectivity index is 1.96. The third-order valence-electron chi connectivity index (χ3n) is 2.94. The maximum Gasteiger partial charge on any atom is 0.239 e. The van der Waals surface area contributed by atoms with Gasteiger partial charge in [-0.3, -0.25) is 9.48 Å². The Bertz CT molecular complexity index is 579. The zero-order valence-corrected chi connectivity index (χ0v) is 12.8. The van der Waals surface area contributed by atoms with E-state index in [0.717, 1.165) is 15.6 Å². The third-order valence-corrected chi connectivity index (χ3v) is 3.47. The van der Waals surface area contributed by atoms with Crippen molar-refractivity contribution in [3.05, 3.63) is 52.3 Å². The number of nitrogens with two attached hydrogens (primary N) is 1. The van der Waals surface area contributed by atoms with Gasteiger partial charge in [-0.15, -0.1) is 0 Å². The third kappa shape index (κ3) is 3.91. The van der Waals surface area contributed by atoms with E-state index in [9.17, 15) is 4.79 Å². The first-order chi connectivity index (χ1) is 9.56. The zero-order chi connectivity index (χ0) is 14.5. The van der Waals surface area contributed by atoms with Gasteiger partial charge in [-0.05, 0) is 30.2 Å². The van der Waals surface area contributed by atoms with Crippen molar-refractivity contribution in [2.24, 2.45) is 5.73 Å². The van der Waals surface area contributed by atoms with Gasteiger partial charge in [-0.1, -0.05) is 28.1 Å². The maximum absolute atomic E-state index is 11.6. The molecule has 1 aromatic carbocycles. The van der Waals surface area contributed by atoms with Crippen molar-refractivity contribution in [1.82, 2.24) is 15.1 Å². The molecule has 20 heavy (non-hydrogen) atoms. The molecule has 0 aliphatic carbocycles. The summed E-state index contributed by atoms with van der Waals surface area (Å²) in [5, 5.41) is 7.36. The number of carbonyl (C=O) groups is 1. The van der Waals surface area contributed by atoms with Gasteiger partial charge in [0.05, 0.1) is 12.7 Å². The predicted molar refractivity (Wildman–Crippen MR) is 81.0 cm³/mol. The summed E-state index contributed by atoms with van der Waals surface area (Å²) in [5.41, 5.74) is 7.43. The van der Waals surface area contributed by atoms with E-state index in [4.69, 9.17) is 5.73 Å². The van der Waals surface area contributed by atoms with Crippen LogP contribution in [-0.2, 0) is 11.3 Å². The Morgan fingerprint density at radius 1 is 1.45 bits per heavy atom. The second kappa shape index (κ2) is 6.67. The number of benzene rings is 1. The molecule has 0 aliphatic rings. The Hall–Kier alpha value is -1.66. The Kier molecular flexibility index (Phi) is 4.92. The summed E-state index contributed by atoms with van der Waals surface area (Å²) < 4.78 is 2.80. The number of carbonyl (C=O) groups excluding carboxylic acids is 1. The van der Waals surface area contributed by atoms with Crippen LogP contribution in [0.1, 0.15) is 17.2 Å². The SMILES string of the molecule is Cc1cnn(CCNC(C(N)=O)c2ccc(Br)cc2)c1. The van der Waals surface area contributed by atoms with E-state index in [2.05, 4.69) is 26.3 Å². The van der Waals surface area contributed by atoms with Crippen molar-refractivity contribution in [3.8, 4) is 0 Å². The fraction of sp³-hybridized carbons (Fsp3) is 0.286. The smallest absolute Gasteiger partial charge is 0.239 e. The van der Waals surface area contributed by atoms with Crippen LogP contribution in [0.3, 0.4) is 0 Å². The highest BCUT2D eigenvalue weighted by Gasteiger charge is 2.16. The standard InChI is InChI=1S/C14H17BrN4O/c1-10-8-18-19(9-10)7-6-17-13(14(16)20)11-2-4-12(15)5-3-11/h2-5,8-9,13,17H,6-7H2,1H3,(H2,16,20). The highest BCUT2D eigenvalue weighted by molar-refractivity contribution is 9.10. The molecular formula is C14H17BrN4O. The molecule has 1 amide bonds. The highest BCUT2D eigenvalue weighted by Crippen LogP contribution is 2.16. The number of rotatable bonds is 6. The molecule has 0 saturated heterocycles. The summed E-state index contributed by atoms with van der Waals surface area (Å²) in [6, 6.07) is 7.06.